The minimum atomic E-state index is -0.961. The summed E-state index contributed by atoms with van der Waals surface area (Å²) in [6.45, 7) is 4.99. The number of hydrogen-bond donors (Lipinski definition) is 0. The van der Waals surface area contributed by atoms with E-state index >= 15 is 0 Å². The number of carbonyl (C=O) groups excluding carboxylic acids is 1. The Kier molecular flexibility index (Phi) is 3.83. The lowest BCUT2D eigenvalue weighted by Crippen LogP contribution is -2.49. The van der Waals surface area contributed by atoms with Crippen molar-refractivity contribution in [3.8, 4) is 0 Å². The molecule has 2 atom stereocenters. The second-order valence-corrected chi connectivity index (χ2v) is 4.40. The summed E-state index contributed by atoms with van der Waals surface area (Å²) in [5.74, 6) is -0.231. The molecule has 0 bridgehead atoms. The van der Waals surface area contributed by atoms with Crippen LogP contribution in [-0.4, -0.2) is 40.9 Å². The molecule has 0 radical (unpaired) electrons. The number of nitrogens with zero attached hydrogens (tertiary/aromatic N) is 1. The molecule has 1 saturated heterocycles. The van der Waals surface area contributed by atoms with Crippen LogP contribution in [0.25, 0.3) is 0 Å². The van der Waals surface area contributed by atoms with Crippen LogP contribution in [0.2, 0.25) is 0 Å². The number of alkyl halides is 2. The van der Waals surface area contributed by atoms with E-state index in [9.17, 15) is 4.79 Å². The minimum absolute atomic E-state index is 0.0554. The van der Waals surface area contributed by atoms with E-state index < -0.39 is 4.84 Å². The van der Waals surface area contributed by atoms with Crippen LogP contribution in [0.1, 0.15) is 13.8 Å². The predicted molar refractivity (Wildman–Crippen MR) is 52.1 cm³/mol. The van der Waals surface area contributed by atoms with E-state index in [-0.39, 0.29) is 18.1 Å². The molecule has 1 aliphatic heterocycles. The SMILES string of the molecule is C[C@@H]1CN(C(=O)C(Cl)Cl)C[C@H](C)O1. The molecule has 1 heterocycles. The Hall–Kier alpha value is 0.01000. The second kappa shape index (κ2) is 4.49. The van der Waals surface area contributed by atoms with Crippen LogP contribution < -0.4 is 0 Å². The Morgan fingerprint density at radius 2 is 1.85 bits per heavy atom. The Labute approximate surface area is 87.9 Å². The van der Waals surface area contributed by atoms with Gasteiger partial charge in [-0.3, -0.25) is 4.79 Å². The van der Waals surface area contributed by atoms with Gasteiger partial charge in [-0.2, -0.15) is 0 Å². The molecule has 3 nitrogen and oxygen atoms in total. The van der Waals surface area contributed by atoms with Gasteiger partial charge in [0.05, 0.1) is 12.2 Å². The van der Waals surface area contributed by atoms with Gasteiger partial charge >= 0.3 is 0 Å². The second-order valence-electron chi connectivity index (χ2n) is 3.30. The summed E-state index contributed by atoms with van der Waals surface area (Å²) in [5, 5.41) is 0. The van der Waals surface area contributed by atoms with Crippen LogP contribution in [0.15, 0.2) is 0 Å². The van der Waals surface area contributed by atoms with Crippen molar-refractivity contribution in [1.82, 2.24) is 4.90 Å². The summed E-state index contributed by atoms with van der Waals surface area (Å²) in [5.41, 5.74) is 0. The first-order chi connectivity index (χ1) is 6.00. The van der Waals surface area contributed by atoms with Crippen LogP contribution in [0.4, 0.5) is 0 Å². The third-order valence-corrected chi connectivity index (χ3v) is 2.29. The summed E-state index contributed by atoms with van der Waals surface area (Å²) >= 11 is 11.0. The Morgan fingerprint density at radius 1 is 1.38 bits per heavy atom. The van der Waals surface area contributed by atoms with Crippen molar-refractivity contribution >= 4 is 29.1 Å². The summed E-state index contributed by atoms with van der Waals surface area (Å²) in [6, 6.07) is 0. The van der Waals surface area contributed by atoms with Crippen LogP contribution in [-0.2, 0) is 9.53 Å². The first-order valence-corrected chi connectivity index (χ1v) is 5.10. The van der Waals surface area contributed by atoms with Gasteiger partial charge < -0.3 is 9.64 Å². The normalized spacial score (nSPS) is 29.5. The van der Waals surface area contributed by atoms with Crippen molar-refractivity contribution in [3.63, 3.8) is 0 Å². The highest BCUT2D eigenvalue weighted by atomic mass is 35.5. The van der Waals surface area contributed by atoms with E-state index in [1.807, 2.05) is 13.8 Å². The van der Waals surface area contributed by atoms with Crippen LogP contribution in [0.3, 0.4) is 0 Å². The maximum atomic E-state index is 11.4. The molecule has 0 spiro atoms. The fourth-order valence-corrected chi connectivity index (χ4v) is 1.77. The number of amides is 1. The molecule has 0 aromatic rings. The average molecular weight is 226 g/mol. The van der Waals surface area contributed by atoms with Crippen molar-refractivity contribution in [2.45, 2.75) is 30.9 Å². The van der Waals surface area contributed by atoms with Crippen LogP contribution in [0.5, 0.6) is 0 Å². The van der Waals surface area contributed by atoms with Gasteiger partial charge in [0.2, 0.25) is 0 Å². The van der Waals surface area contributed by atoms with Crippen LogP contribution in [0, 0.1) is 0 Å². The monoisotopic (exact) mass is 225 g/mol. The van der Waals surface area contributed by atoms with Gasteiger partial charge in [-0.25, -0.2) is 0 Å². The maximum absolute atomic E-state index is 11.4. The number of morpholine rings is 1. The zero-order chi connectivity index (χ0) is 10.0. The van der Waals surface area contributed by atoms with Crippen molar-refractivity contribution in [2.75, 3.05) is 13.1 Å². The molecular formula is C8H13Cl2NO2. The molecule has 1 rings (SSSR count). The molecule has 0 aromatic carbocycles. The van der Waals surface area contributed by atoms with Crippen molar-refractivity contribution in [2.24, 2.45) is 0 Å². The van der Waals surface area contributed by atoms with E-state index in [0.29, 0.717) is 13.1 Å². The smallest absolute Gasteiger partial charge is 0.256 e. The van der Waals surface area contributed by atoms with E-state index in [0.717, 1.165) is 0 Å². The molecule has 0 saturated carbocycles. The topological polar surface area (TPSA) is 29.5 Å². The number of halogens is 2. The highest BCUT2D eigenvalue weighted by molar-refractivity contribution is 6.53. The third-order valence-electron chi connectivity index (χ3n) is 1.92. The number of rotatable bonds is 1. The molecule has 1 fully saturated rings. The molecule has 0 unspecified atom stereocenters. The molecule has 1 aliphatic rings. The van der Waals surface area contributed by atoms with Crippen molar-refractivity contribution in [1.29, 1.82) is 0 Å². The molecule has 13 heavy (non-hydrogen) atoms. The van der Waals surface area contributed by atoms with Gasteiger partial charge in [-0.1, -0.05) is 23.2 Å². The standard InChI is InChI=1S/C8H13Cl2NO2/c1-5-3-11(4-6(2)13-5)8(12)7(9)10/h5-7H,3-4H2,1-2H3/t5-,6+. The molecule has 0 aliphatic carbocycles. The molecule has 1 amide bonds. The molecule has 76 valence electrons. The van der Waals surface area contributed by atoms with Gasteiger partial charge in [0, 0.05) is 13.1 Å². The van der Waals surface area contributed by atoms with Gasteiger partial charge in [-0.15, -0.1) is 0 Å². The minimum Gasteiger partial charge on any atom is -0.372 e. The Balaban J connectivity index is 2.55. The van der Waals surface area contributed by atoms with Gasteiger partial charge in [0.25, 0.3) is 5.91 Å². The maximum Gasteiger partial charge on any atom is 0.256 e. The molecular weight excluding hydrogens is 213 g/mol. The van der Waals surface area contributed by atoms with Crippen molar-refractivity contribution in [3.05, 3.63) is 0 Å². The number of hydrogen-bond acceptors (Lipinski definition) is 2. The van der Waals surface area contributed by atoms with E-state index in [1.165, 1.54) is 0 Å². The Bertz CT molecular complexity index is 189. The molecule has 0 N–H and O–H groups in total. The predicted octanol–water partition coefficient (Wildman–Crippen LogP) is 1.43. The van der Waals surface area contributed by atoms with Gasteiger partial charge in [0.1, 0.15) is 0 Å². The summed E-state index contributed by atoms with van der Waals surface area (Å²) in [7, 11) is 0. The summed E-state index contributed by atoms with van der Waals surface area (Å²) in [6.07, 6.45) is 0.111. The third kappa shape index (κ3) is 3.01. The van der Waals surface area contributed by atoms with Crippen molar-refractivity contribution < 1.29 is 9.53 Å². The van der Waals surface area contributed by atoms with E-state index in [2.05, 4.69) is 0 Å². The lowest BCUT2D eigenvalue weighted by molar-refractivity contribution is -0.141. The summed E-state index contributed by atoms with van der Waals surface area (Å²) < 4.78 is 5.47. The zero-order valence-corrected chi connectivity index (χ0v) is 9.18. The van der Waals surface area contributed by atoms with E-state index in [4.69, 9.17) is 27.9 Å². The fourth-order valence-electron chi connectivity index (χ4n) is 1.50. The van der Waals surface area contributed by atoms with Gasteiger partial charge in [0.15, 0.2) is 4.84 Å². The molecule has 5 heteroatoms. The highest BCUT2D eigenvalue weighted by Crippen LogP contribution is 2.14. The quantitative estimate of drug-likeness (QED) is 0.633. The number of carbonyl (C=O) groups is 1. The fraction of sp³-hybridized carbons (Fsp3) is 0.875. The van der Waals surface area contributed by atoms with Gasteiger partial charge in [-0.05, 0) is 13.8 Å². The zero-order valence-electron chi connectivity index (χ0n) is 7.67. The molecule has 0 aromatic heterocycles. The highest BCUT2D eigenvalue weighted by Gasteiger charge is 2.28. The number of ether oxygens (including phenoxy) is 1. The van der Waals surface area contributed by atoms with E-state index in [1.54, 1.807) is 4.90 Å². The Morgan fingerprint density at radius 3 is 2.23 bits per heavy atom. The summed E-state index contributed by atoms with van der Waals surface area (Å²) in [4.78, 5) is 12.1. The first-order valence-electron chi connectivity index (χ1n) is 4.23. The average Bonchev–Trinajstić information content (AvgIpc) is 2.01. The lowest BCUT2D eigenvalue weighted by atomic mass is 10.2. The first kappa shape index (κ1) is 11.1. The van der Waals surface area contributed by atoms with Crippen LogP contribution >= 0.6 is 23.2 Å². The lowest BCUT2D eigenvalue weighted by Gasteiger charge is -2.35. The largest absolute Gasteiger partial charge is 0.372 e.